The number of aliphatic hydroxyl groups is 1. The second-order valence-electron chi connectivity index (χ2n) is 2.18. The lowest BCUT2D eigenvalue weighted by Crippen LogP contribution is -2.17. The van der Waals surface area contributed by atoms with Crippen LogP contribution in [0, 0.1) is 0 Å². The Hall–Kier alpha value is -0.0800. The SMILES string of the molecule is CC.CC(C)OC(C)CO. The Balaban J connectivity index is 0. The summed E-state index contributed by atoms with van der Waals surface area (Å²) in [4.78, 5) is 0. The highest BCUT2D eigenvalue weighted by Gasteiger charge is 2.00. The third kappa shape index (κ3) is 10.8. The van der Waals surface area contributed by atoms with E-state index in [2.05, 4.69) is 0 Å². The summed E-state index contributed by atoms with van der Waals surface area (Å²) < 4.78 is 5.15. The second-order valence-corrected chi connectivity index (χ2v) is 2.18. The third-order valence-corrected chi connectivity index (χ3v) is 0.762. The van der Waals surface area contributed by atoms with E-state index in [1.807, 2.05) is 34.6 Å². The first kappa shape index (κ1) is 12.6. The van der Waals surface area contributed by atoms with Crippen molar-refractivity contribution in [2.45, 2.75) is 46.8 Å². The van der Waals surface area contributed by atoms with Crippen LogP contribution in [0.5, 0.6) is 0 Å². The molecule has 0 fully saturated rings. The fourth-order valence-corrected chi connectivity index (χ4v) is 0.508. The van der Waals surface area contributed by atoms with Gasteiger partial charge in [0.2, 0.25) is 0 Å². The van der Waals surface area contributed by atoms with E-state index in [0.29, 0.717) is 0 Å². The molecule has 0 aromatic carbocycles. The van der Waals surface area contributed by atoms with Crippen LogP contribution in [-0.4, -0.2) is 23.9 Å². The highest BCUT2D eigenvalue weighted by molar-refractivity contribution is 4.46. The van der Waals surface area contributed by atoms with Crippen molar-refractivity contribution < 1.29 is 9.84 Å². The van der Waals surface area contributed by atoms with Crippen LogP contribution in [-0.2, 0) is 4.74 Å². The van der Waals surface area contributed by atoms with Crippen LogP contribution in [0.2, 0.25) is 0 Å². The van der Waals surface area contributed by atoms with Crippen LogP contribution in [0.1, 0.15) is 34.6 Å². The molecule has 0 aliphatic heterocycles. The summed E-state index contributed by atoms with van der Waals surface area (Å²) in [5.74, 6) is 0. The number of rotatable bonds is 3. The molecule has 0 aromatic rings. The van der Waals surface area contributed by atoms with E-state index < -0.39 is 0 Å². The molecule has 2 heteroatoms. The minimum Gasteiger partial charge on any atom is -0.394 e. The highest BCUT2D eigenvalue weighted by Crippen LogP contribution is 1.94. The van der Waals surface area contributed by atoms with Crippen LogP contribution < -0.4 is 0 Å². The average molecular weight is 148 g/mol. The molecule has 0 aromatic heterocycles. The third-order valence-electron chi connectivity index (χ3n) is 0.762. The molecule has 0 spiro atoms. The maximum absolute atomic E-state index is 8.46. The smallest absolute Gasteiger partial charge is 0.0781 e. The van der Waals surface area contributed by atoms with Crippen molar-refractivity contribution in [2.24, 2.45) is 0 Å². The Morgan fingerprint density at radius 3 is 1.70 bits per heavy atom. The van der Waals surface area contributed by atoms with Crippen molar-refractivity contribution in [1.82, 2.24) is 0 Å². The molecule has 0 saturated carbocycles. The van der Waals surface area contributed by atoms with Crippen LogP contribution in [0.4, 0.5) is 0 Å². The quantitative estimate of drug-likeness (QED) is 0.661. The summed E-state index contributed by atoms with van der Waals surface area (Å²) in [7, 11) is 0. The maximum Gasteiger partial charge on any atom is 0.0781 e. The topological polar surface area (TPSA) is 29.5 Å². The molecule has 0 radical (unpaired) electrons. The van der Waals surface area contributed by atoms with E-state index in [4.69, 9.17) is 9.84 Å². The zero-order chi connectivity index (χ0) is 8.57. The van der Waals surface area contributed by atoms with Crippen molar-refractivity contribution in [3.8, 4) is 0 Å². The van der Waals surface area contributed by atoms with Gasteiger partial charge in [-0.05, 0) is 20.8 Å². The highest BCUT2D eigenvalue weighted by atomic mass is 16.5. The van der Waals surface area contributed by atoms with Gasteiger partial charge in [0.1, 0.15) is 0 Å². The molecule has 2 nitrogen and oxygen atoms in total. The lowest BCUT2D eigenvalue weighted by atomic mass is 10.4. The summed E-state index contributed by atoms with van der Waals surface area (Å²) >= 11 is 0. The number of hydrogen-bond acceptors (Lipinski definition) is 2. The molecule has 10 heavy (non-hydrogen) atoms. The van der Waals surface area contributed by atoms with Gasteiger partial charge in [-0.2, -0.15) is 0 Å². The Morgan fingerprint density at radius 2 is 1.60 bits per heavy atom. The van der Waals surface area contributed by atoms with Crippen molar-refractivity contribution in [2.75, 3.05) is 6.61 Å². The largest absolute Gasteiger partial charge is 0.394 e. The summed E-state index contributed by atoms with van der Waals surface area (Å²) in [6.45, 7) is 9.86. The molecule has 1 unspecified atom stereocenters. The van der Waals surface area contributed by atoms with Gasteiger partial charge in [-0.3, -0.25) is 0 Å². The lowest BCUT2D eigenvalue weighted by molar-refractivity contribution is -0.0121. The average Bonchev–Trinajstić information content (AvgIpc) is 1.91. The fraction of sp³-hybridized carbons (Fsp3) is 1.00. The second kappa shape index (κ2) is 8.92. The summed E-state index contributed by atoms with van der Waals surface area (Å²) in [5, 5.41) is 8.46. The number of ether oxygens (including phenoxy) is 1. The van der Waals surface area contributed by atoms with Gasteiger partial charge in [-0.25, -0.2) is 0 Å². The number of hydrogen-bond donors (Lipinski definition) is 1. The number of aliphatic hydroxyl groups excluding tert-OH is 1. The predicted molar refractivity (Wildman–Crippen MR) is 44.1 cm³/mol. The van der Waals surface area contributed by atoms with Gasteiger partial charge in [0.15, 0.2) is 0 Å². The predicted octanol–water partition coefficient (Wildman–Crippen LogP) is 1.82. The summed E-state index contributed by atoms with van der Waals surface area (Å²) in [5.41, 5.74) is 0. The van der Waals surface area contributed by atoms with E-state index in [1.54, 1.807) is 0 Å². The van der Waals surface area contributed by atoms with Gasteiger partial charge in [0, 0.05) is 0 Å². The first-order valence-corrected chi connectivity index (χ1v) is 3.93. The van der Waals surface area contributed by atoms with Crippen LogP contribution in [0.25, 0.3) is 0 Å². The summed E-state index contributed by atoms with van der Waals surface area (Å²) in [6, 6.07) is 0. The molecule has 0 bridgehead atoms. The molecule has 0 rings (SSSR count). The van der Waals surface area contributed by atoms with Crippen molar-refractivity contribution in [3.05, 3.63) is 0 Å². The van der Waals surface area contributed by atoms with E-state index in [9.17, 15) is 0 Å². The van der Waals surface area contributed by atoms with Crippen molar-refractivity contribution in [1.29, 1.82) is 0 Å². The Kier molecular flexibility index (Phi) is 11.2. The van der Waals surface area contributed by atoms with E-state index in [0.717, 1.165) is 0 Å². The molecule has 0 aliphatic carbocycles. The molecule has 1 atom stereocenters. The zero-order valence-corrected chi connectivity index (χ0v) is 7.72. The minimum absolute atomic E-state index is 0.0185. The molecular weight excluding hydrogens is 128 g/mol. The molecule has 0 heterocycles. The standard InChI is InChI=1S/C6H14O2.C2H6/c1-5(2)8-6(3)4-7;1-2/h5-7H,4H2,1-3H3;1-2H3. The molecule has 0 saturated heterocycles. The molecule has 0 amide bonds. The van der Waals surface area contributed by atoms with Gasteiger partial charge >= 0.3 is 0 Å². The maximum atomic E-state index is 8.46. The van der Waals surface area contributed by atoms with Gasteiger partial charge in [0.05, 0.1) is 18.8 Å². The van der Waals surface area contributed by atoms with Crippen LogP contribution in [0.15, 0.2) is 0 Å². The van der Waals surface area contributed by atoms with Gasteiger partial charge in [-0.1, -0.05) is 13.8 Å². The van der Waals surface area contributed by atoms with Crippen molar-refractivity contribution in [3.63, 3.8) is 0 Å². The van der Waals surface area contributed by atoms with Crippen molar-refractivity contribution >= 4 is 0 Å². The Bertz CT molecular complexity index is 53.2. The van der Waals surface area contributed by atoms with Crippen LogP contribution >= 0.6 is 0 Å². The molecule has 1 N–H and O–H groups in total. The Labute approximate surface area is 64.2 Å². The monoisotopic (exact) mass is 148 g/mol. The Morgan fingerprint density at radius 1 is 1.20 bits per heavy atom. The van der Waals surface area contributed by atoms with E-state index in [-0.39, 0.29) is 18.8 Å². The minimum atomic E-state index is -0.0185. The summed E-state index contributed by atoms with van der Waals surface area (Å²) in [6.07, 6.45) is 0.201. The van der Waals surface area contributed by atoms with Gasteiger partial charge in [0.25, 0.3) is 0 Å². The first-order valence-electron chi connectivity index (χ1n) is 3.93. The van der Waals surface area contributed by atoms with Gasteiger partial charge in [-0.15, -0.1) is 0 Å². The zero-order valence-electron chi connectivity index (χ0n) is 7.72. The van der Waals surface area contributed by atoms with E-state index in [1.165, 1.54) is 0 Å². The van der Waals surface area contributed by atoms with Gasteiger partial charge < -0.3 is 9.84 Å². The molecular formula is C8H20O2. The first-order chi connectivity index (χ1) is 4.66. The molecule has 64 valence electrons. The molecule has 0 aliphatic rings. The van der Waals surface area contributed by atoms with Crippen LogP contribution in [0.3, 0.4) is 0 Å². The normalized spacial score (nSPS) is 12.3. The fourth-order valence-electron chi connectivity index (χ4n) is 0.508. The lowest BCUT2D eigenvalue weighted by Gasteiger charge is -2.12. The van der Waals surface area contributed by atoms with E-state index >= 15 is 0 Å².